The molecule has 1 saturated heterocycles. The van der Waals surface area contributed by atoms with Crippen molar-refractivity contribution in [3.05, 3.63) is 23.5 Å². The fourth-order valence-corrected chi connectivity index (χ4v) is 3.77. The van der Waals surface area contributed by atoms with Crippen molar-refractivity contribution < 1.29 is 9.47 Å². The number of hydrogen-bond donors (Lipinski definition) is 1. The molecule has 7 nitrogen and oxygen atoms in total. The summed E-state index contributed by atoms with van der Waals surface area (Å²) >= 11 is 1.65. The Hall–Kier alpha value is -1.64. The van der Waals surface area contributed by atoms with E-state index in [4.69, 9.17) is 9.47 Å². The highest BCUT2D eigenvalue weighted by Gasteiger charge is 2.21. The van der Waals surface area contributed by atoms with E-state index in [0.29, 0.717) is 12.6 Å². The quantitative estimate of drug-likeness (QED) is 0.462. The van der Waals surface area contributed by atoms with Gasteiger partial charge in [0.2, 0.25) is 0 Å². The third kappa shape index (κ3) is 4.93. The number of nitrogens with one attached hydrogen (secondary N) is 1. The number of piperidine rings is 1. The van der Waals surface area contributed by atoms with Gasteiger partial charge in [-0.1, -0.05) is 0 Å². The first-order chi connectivity index (χ1) is 12.3. The number of rotatable bonds is 7. The molecule has 1 aliphatic rings. The summed E-state index contributed by atoms with van der Waals surface area (Å²) < 4.78 is 13.0. The molecule has 2 aromatic heterocycles. The third-order valence-corrected chi connectivity index (χ3v) is 5.14. The number of thiazole rings is 1. The zero-order valence-corrected chi connectivity index (χ0v) is 15.8. The van der Waals surface area contributed by atoms with Gasteiger partial charge in [0.25, 0.3) is 0 Å². The zero-order chi connectivity index (χ0) is 17.5. The molecular weight excluding hydrogens is 338 g/mol. The van der Waals surface area contributed by atoms with E-state index >= 15 is 0 Å². The molecule has 0 atom stereocenters. The molecule has 0 aromatic carbocycles. The number of methoxy groups -OCH3 is 1. The fourth-order valence-electron chi connectivity index (χ4n) is 3.05. The number of fused-ring (bicyclic) bond motifs is 1. The van der Waals surface area contributed by atoms with Crippen molar-refractivity contribution in [2.45, 2.75) is 31.9 Å². The van der Waals surface area contributed by atoms with Crippen LogP contribution in [0.25, 0.3) is 4.96 Å². The maximum atomic E-state index is 5.92. The second-order valence-corrected chi connectivity index (χ2v) is 7.00. The number of ether oxygens (including phenoxy) is 2. The molecule has 1 fully saturated rings. The van der Waals surface area contributed by atoms with E-state index in [9.17, 15) is 0 Å². The smallest absolute Gasteiger partial charge is 0.193 e. The van der Waals surface area contributed by atoms with Gasteiger partial charge >= 0.3 is 0 Å². The molecular formula is C17H27N5O2S. The molecule has 2 aromatic rings. The molecule has 3 heterocycles. The summed E-state index contributed by atoms with van der Waals surface area (Å²) in [6.45, 7) is 4.17. The van der Waals surface area contributed by atoms with E-state index in [1.165, 1.54) is 0 Å². The Morgan fingerprint density at radius 1 is 1.40 bits per heavy atom. The van der Waals surface area contributed by atoms with Crippen LogP contribution in [0, 0.1) is 0 Å². The molecule has 25 heavy (non-hydrogen) atoms. The molecule has 0 aliphatic carbocycles. The molecule has 1 aliphatic heterocycles. The molecule has 3 rings (SSSR count). The lowest BCUT2D eigenvalue weighted by Gasteiger charge is -2.34. The highest BCUT2D eigenvalue weighted by molar-refractivity contribution is 7.15. The minimum Gasteiger partial charge on any atom is -0.385 e. The third-order valence-electron chi connectivity index (χ3n) is 4.37. The lowest BCUT2D eigenvalue weighted by atomic mass is 10.1. The Morgan fingerprint density at radius 2 is 2.24 bits per heavy atom. The maximum absolute atomic E-state index is 5.92. The Labute approximate surface area is 152 Å². The Morgan fingerprint density at radius 3 is 2.96 bits per heavy atom. The number of aromatic nitrogens is 2. The predicted molar refractivity (Wildman–Crippen MR) is 100 cm³/mol. The average molecular weight is 366 g/mol. The first-order valence-corrected chi connectivity index (χ1v) is 9.65. The molecule has 0 amide bonds. The monoisotopic (exact) mass is 365 g/mol. The lowest BCUT2D eigenvalue weighted by molar-refractivity contribution is 0.00989. The Bertz CT molecular complexity index is 647. The molecule has 138 valence electrons. The second kappa shape index (κ2) is 9.17. The van der Waals surface area contributed by atoms with E-state index < -0.39 is 0 Å². The van der Waals surface area contributed by atoms with Crippen LogP contribution in [0.15, 0.2) is 22.8 Å². The van der Waals surface area contributed by atoms with Crippen LogP contribution in [-0.4, -0.2) is 66.8 Å². The first kappa shape index (κ1) is 18.2. The summed E-state index contributed by atoms with van der Waals surface area (Å²) in [6, 6.07) is 0. The van der Waals surface area contributed by atoms with E-state index in [1.807, 2.05) is 18.6 Å². The summed E-state index contributed by atoms with van der Waals surface area (Å²) in [5.74, 6) is 0.939. The average Bonchev–Trinajstić information content (AvgIpc) is 3.22. The molecule has 1 N–H and O–H groups in total. The first-order valence-electron chi connectivity index (χ1n) is 8.77. The standard InChI is InChI=1S/C17H27N5O2S/c1-18-16(19-12-14-13-22-8-11-25-17(22)20-14)21-6-4-15(5-7-21)24-10-3-9-23-2/h8,11,13,15H,3-7,9-10,12H2,1-2H3,(H,18,19). The van der Waals surface area contributed by atoms with Crippen molar-refractivity contribution in [1.29, 1.82) is 0 Å². The minimum atomic E-state index is 0.353. The van der Waals surface area contributed by atoms with Crippen molar-refractivity contribution in [2.24, 2.45) is 4.99 Å². The molecule has 0 spiro atoms. The van der Waals surface area contributed by atoms with Crippen LogP contribution < -0.4 is 5.32 Å². The number of imidazole rings is 1. The van der Waals surface area contributed by atoms with Crippen LogP contribution in [-0.2, 0) is 16.0 Å². The van der Waals surface area contributed by atoms with Crippen LogP contribution in [0.1, 0.15) is 25.0 Å². The van der Waals surface area contributed by atoms with Gasteiger partial charge in [-0.3, -0.25) is 9.39 Å². The summed E-state index contributed by atoms with van der Waals surface area (Å²) in [6.07, 6.45) is 7.48. The Kier molecular flexibility index (Phi) is 6.66. The van der Waals surface area contributed by atoms with Gasteiger partial charge in [-0.25, -0.2) is 4.98 Å². The maximum Gasteiger partial charge on any atom is 0.193 e. The van der Waals surface area contributed by atoms with Crippen LogP contribution in [0.2, 0.25) is 0 Å². The highest BCUT2D eigenvalue weighted by atomic mass is 32.1. The normalized spacial score (nSPS) is 16.7. The molecule has 0 unspecified atom stereocenters. The number of nitrogens with zero attached hydrogens (tertiary/aromatic N) is 4. The zero-order valence-electron chi connectivity index (χ0n) is 15.0. The second-order valence-electron chi connectivity index (χ2n) is 6.13. The van der Waals surface area contributed by atoms with Crippen molar-refractivity contribution in [1.82, 2.24) is 19.6 Å². The molecule has 8 heteroatoms. The van der Waals surface area contributed by atoms with E-state index in [2.05, 4.69) is 30.8 Å². The van der Waals surface area contributed by atoms with Gasteiger partial charge in [0.15, 0.2) is 10.9 Å². The van der Waals surface area contributed by atoms with Crippen LogP contribution in [0.3, 0.4) is 0 Å². The summed E-state index contributed by atoms with van der Waals surface area (Å²) in [5, 5.41) is 5.47. The van der Waals surface area contributed by atoms with E-state index in [0.717, 1.165) is 62.2 Å². The SMILES string of the molecule is CN=C(NCc1cn2ccsc2n1)N1CCC(OCCCOC)CC1. The Balaban J connectivity index is 1.42. The largest absolute Gasteiger partial charge is 0.385 e. The number of likely N-dealkylation sites (tertiary alicyclic amines) is 1. The van der Waals surface area contributed by atoms with Gasteiger partial charge in [-0.15, -0.1) is 11.3 Å². The number of hydrogen-bond acceptors (Lipinski definition) is 5. The fraction of sp³-hybridized carbons (Fsp3) is 0.647. The van der Waals surface area contributed by atoms with Crippen molar-refractivity contribution in [3.8, 4) is 0 Å². The van der Waals surface area contributed by atoms with Gasteiger partial charge in [0, 0.05) is 58.2 Å². The lowest BCUT2D eigenvalue weighted by Crippen LogP contribution is -2.46. The van der Waals surface area contributed by atoms with Gasteiger partial charge in [0.1, 0.15) is 0 Å². The summed E-state index contributed by atoms with van der Waals surface area (Å²) in [4.78, 5) is 12.3. The van der Waals surface area contributed by atoms with E-state index in [-0.39, 0.29) is 0 Å². The van der Waals surface area contributed by atoms with Crippen molar-refractivity contribution in [2.75, 3.05) is 40.5 Å². The van der Waals surface area contributed by atoms with Crippen LogP contribution in [0.4, 0.5) is 0 Å². The summed E-state index contributed by atoms with van der Waals surface area (Å²) in [7, 11) is 3.56. The van der Waals surface area contributed by atoms with Gasteiger partial charge in [-0.05, 0) is 19.3 Å². The predicted octanol–water partition coefficient (Wildman–Crippen LogP) is 1.99. The van der Waals surface area contributed by atoms with Crippen molar-refractivity contribution >= 4 is 22.3 Å². The minimum absolute atomic E-state index is 0.353. The van der Waals surface area contributed by atoms with Gasteiger partial charge in [-0.2, -0.15) is 0 Å². The molecule has 0 radical (unpaired) electrons. The number of guanidine groups is 1. The topological polar surface area (TPSA) is 63.4 Å². The van der Waals surface area contributed by atoms with Gasteiger partial charge < -0.3 is 19.7 Å². The van der Waals surface area contributed by atoms with Crippen LogP contribution >= 0.6 is 11.3 Å². The molecule has 0 saturated carbocycles. The summed E-state index contributed by atoms with van der Waals surface area (Å²) in [5.41, 5.74) is 1.03. The molecule has 0 bridgehead atoms. The van der Waals surface area contributed by atoms with E-state index in [1.54, 1.807) is 18.4 Å². The highest BCUT2D eigenvalue weighted by Crippen LogP contribution is 2.15. The van der Waals surface area contributed by atoms with Gasteiger partial charge in [0.05, 0.1) is 18.3 Å². The van der Waals surface area contributed by atoms with Crippen LogP contribution in [0.5, 0.6) is 0 Å². The number of aliphatic imine (C=N–C) groups is 1. The van der Waals surface area contributed by atoms with Crippen molar-refractivity contribution in [3.63, 3.8) is 0 Å².